The van der Waals surface area contributed by atoms with Gasteiger partial charge < -0.3 is 15.4 Å². The third-order valence-corrected chi connectivity index (χ3v) is 6.93. The standard InChI is InChI=1S/C29H42N4O3/c1-19-16-31-21(17-30-19)18-32-26(35)29(12-10-9-11-13-29)33-25(34)20-14-22(27(2,3)4)24(36-8)23(15-20)28(5,6)7/h14-17H,9-13,18H2,1-8H3,(H,32,35)(H,33,34). The molecule has 0 spiro atoms. The van der Waals surface area contributed by atoms with Crippen molar-refractivity contribution in [1.82, 2.24) is 20.6 Å². The summed E-state index contributed by atoms with van der Waals surface area (Å²) >= 11 is 0. The first-order valence-electron chi connectivity index (χ1n) is 12.9. The highest BCUT2D eigenvalue weighted by molar-refractivity contribution is 6.00. The molecule has 7 heteroatoms. The molecule has 0 unspecified atom stereocenters. The maximum Gasteiger partial charge on any atom is 0.252 e. The first kappa shape index (κ1) is 27.6. The number of hydrogen-bond donors (Lipinski definition) is 2. The lowest BCUT2D eigenvalue weighted by Gasteiger charge is -2.37. The van der Waals surface area contributed by atoms with Crippen molar-refractivity contribution in [1.29, 1.82) is 0 Å². The molecule has 0 radical (unpaired) electrons. The monoisotopic (exact) mass is 494 g/mol. The zero-order valence-corrected chi connectivity index (χ0v) is 23.2. The molecule has 0 saturated heterocycles. The number of rotatable bonds is 6. The first-order chi connectivity index (χ1) is 16.8. The molecule has 2 N–H and O–H groups in total. The molecule has 1 saturated carbocycles. The summed E-state index contributed by atoms with van der Waals surface area (Å²) in [7, 11) is 1.68. The van der Waals surface area contributed by atoms with E-state index in [2.05, 4.69) is 62.1 Å². The van der Waals surface area contributed by atoms with Crippen LogP contribution in [-0.4, -0.2) is 34.4 Å². The Labute approximate surface area is 215 Å². The van der Waals surface area contributed by atoms with Gasteiger partial charge in [0.15, 0.2) is 0 Å². The summed E-state index contributed by atoms with van der Waals surface area (Å²) in [6, 6.07) is 3.83. The second-order valence-electron chi connectivity index (χ2n) is 12.0. The van der Waals surface area contributed by atoms with Crippen molar-refractivity contribution in [3.05, 3.63) is 52.6 Å². The van der Waals surface area contributed by atoms with Gasteiger partial charge in [-0.05, 0) is 42.7 Å². The minimum absolute atomic E-state index is 0.168. The predicted molar refractivity (Wildman–Crippen MR) is 142 cm³/mol. The molecule has 1 aromatic heterocycles. The second-order valence-corrected chi connectivity index (χ2v) is 12.0. The second kappa shape index (κ2) is 10.6. The van der Waals surface area contributed by atoms with Crippen molar-refractivity contribution < 1.29 is 14.3 Å². The predicted octanol–water partition coefficient (Wildman–Crippen LogP) is 5.14. The number of amides is 2. The molecule has 0 bridgehead atoms. The van der Waals surface area contributed by atoms with Crippen LogP contribution in [0.3, 0.4) is 0 Å². The van der Waals surface area contributed by atoms with Crippen LogP contribution in [0.4, 0.5) is 0 Å². The van der Waals surface area contributed by atoms with Gasteiger partial charge in [0.2, 0.25) is 5.91 Å². The third-order valence-electron chi connectivity index (χ3n) is 6.93. The maximum absolute atomic E-state index is 13.7. The van der Waals surface area contributed by atoms with Gasteiger partial charge >= 0.3 is 0 Å². The van der Waals surface area contributed by atoms with Gasteiger partial charge in [0.1, 0.15) is 11.3 Å². The Hall–Kier alpha value is -2.96. The maximum atomic E-state index is 13.7. The summed E-state index contributed by atoms with van der Waals surface area (Å²) in [5.74, 6) is 0.412. The molecule has 1 heterocycles. The average molecular weight is 495 g/mol. The third kappa shape index (κ3) is 6.23. The van der Waals surface area contributed by atoms with E-state index >= 15 is 0 Å². The van der Waals surface area contributed by atoms with Crippen molar-refractivity contribution in [2.24, 2.45) is 0 Å². The Morgan fingerprint density at radius 2 is 1.53 bits per heavy atom. The number of aromatic nitrogens is 2. The Morgan fingerprint density at radius 3 is 2.00 bits per heavy atom. The van der Waals surface area contributed by atoms with Gasteiger partial charge in [0, 0.05) is 22.9 Å². The Kier molecular flexibility index (Phi) is 8.11. The number of carbonyl (C=O) groups is 2. The van der Waals surface area contributed by atoms with Crippen LogP contribution in [-0.2, 0) is 22.2 Å². The molecule has 1 aliphatic carbocycles. The smallest absolute Gasteiger partial charge is 0.252 e. The fourth-order valence-electron chi connectivity index (χ4n) is 4.80. The van der Waals surface area contributed by atoms with Gasteiger partial charge in [-0.15, -0.1) is 0 Å². The molecule has 2 amide bonds. The SMILES string of the molecule is COc1c(C(C)(C)C)cc(C(=O)NC2(C(=O)NCc3cnc(C)cn3)CCCCC2)cc1C(C)(C)C. The molecule has 3 rings (SSSR count). The van der Waals surface area contributed by atoms with E-state index in [-0.39, 0.29) is 29.2 Å². The van der Waals surface area contributed by atoms with Gasteiger partial charge in [-0.3, -0.25) is 19.6 Å². The van der Waals surface area contributed by atoms with Gasteiger partial charge in [-0.2, -0.15) is 0 Å². The number of ether oxygens (including phenoxy) is 1. The van der Waals surface area contributed by atoms with Crippen LogP contribution >= 0.6 is 0 Å². The van der Waals surface area contributed by atoms with Crippen LogP contribution in [0.2, 0.25) is 0 Å². The fourth-order valence-corrected chi connectivity index (χ4v) is 4.80. The summed E-state index contributed by atoms with van der Waals surface area (Å²) in [4.78, 5) is 35.8. The van der Waals surface area contributed by atoms with E-state index in [0.717, 1.165) is 41.8 Å². The van der Waals surface area contributed by atoms with Crippen molar-refractivity contribution in [2.75, 3.05) is 7.11 Å². The highest BCUT2D eigenvalue weighted by Gasteiger charge is 2.41. The van der Waals surface area contributed by atoms with Crippen molar-refractivity contribution >= 4 is 11.8 Å². The van der Waals surface area contributed by atoms with Gasteiger partial charge in [0.05, 0.1) is 31.2 Å². The number of benzene rings is 1. The highest BCUT2D eigenvalue weighted by Crippen LogP contribution is 2.41. The number of nitrogens with one attached hydrogen (secondary N) is 2. The summed E-state index contributed by atoms with van der Waals surface area (Å²) in [6.45, 7) is 14.8. The van der Waals surface area contributed by atoms with Gasteiger partial charge in [-0.1, -0.05) is 60.8 Å². The van der Waals surface area contributed by atoms with E-state index in [4.69, 9.17) is 4.74 Å². The zero-order chi connectivity index (χ0) is 26.7. The molecule has 7 nitrogen and oxygen atoms in total. The summed E-state index contributed by atoms with van der Waals surface area (Å²) < 4.78 is 5.85. The minimum Gasteiger partial charge on any atom is -0.496 e. The lowest BCUT2D eigenvalue weighted by molar-refractivity contribution is -0.128. The quantitative estimate of drug-likeness (QED) is 0.580. The molecular weight excluding hydrogens is 452 g/mol. The molecule has 2 aromatic rings. The van der Waals surface area contributed by atoms with Crippen molar-refractivity contribution in [3.63, 3.8) is 0 Å². The Balaban J connectivity index is 1.93. The minimum atomic E-state index is -0.947. The molecule has 1 aliphatic rings. The van der Waals surface area contributed by atoms with Crippen LogP contribution in [0.1, 0.15) is 107 Å². The summed E-state index contributed by atoms with van der Waals surface area (Å²) in [6.07, 6.45) is 7.41. The van der Waals surface area contributed by atoms with Crippen LogP contribution in [0.5, 0.6) is 5.75 Å². The molecular formula is C29H42N4O3. The molecule has 36 heavy (non-hydrogen) atoms. The van der Waals surface area contributed by atoms with E-state index in [1.54, 1.807) is 19.5 Å². The Bertz CT molecular complexity index is 1050. The Morgan fingerprint density at radius 1 is 0.944 bits per heavy atom. The normalized spacial score (nSPS) is 15.8. The van der Waals surface area contributed by atoms with Crippen LogP contribution < -0.4 is 15.4 Å². The van der Waals surface area contributed by atoms with Crippen LogP contribution in [0.25, 0.3) is 0 Å². The van der Waals surface area contributed by atoms with Crippen LogP contribution in [0, 0.1) is 6.92 Å². The van der Waals surface area contributed by atoms with Crippen LogP contribution in [0.15, 0.2) is 24.5 Å². The molecule has 0 atom stereocenters. The van der Waals surface area contributed by atoms with E-state index in [9.17, 15) is 9.59 Å². The van der Waals surface area contributed by atoms with Crippen molar-refractivity contribution in [3.8, 4) is 5.75 Å². The lowest BCUT2D eigenvalue weighted by Crippen LogP contribution is -2.59. The average Bonchev–Trinajstić information content (AvgIpc) is 2.82. The topological polar surface area (TPSA) is 93.2 Å². The van der Waals surface area contributed by atoms with E-state index in [1.807, 2.05) is 19.1 Å². The number of methoxy groups -OCH3 is 1. The highest BCUT2D eigenvalue weighted by atomic mass is 16.5. The fraction of sp³-hybridized carbons (Fsp3) is 0.586. The molecule has 1 fully saturated rings. The van der Waals surface area contributed by atoms with E-state index in [0.29, 0.717) is 24.1 Å². The number of nitrogens with zero attached hydrogens (tertiary/aromatic N) is 2. The summed E-state index contributed by atoms with van der Waals surface area (Å²) in [5, 5.41) is 6.16. The van der Waals surface area contributed by atoms with Gasteiger partial charge in [0.25, 0.3) is 5.91 Å². The number of carbonyl (C=O) groups excluding carboxylic acids is 2. The van der Waals surface area contributed by atoms with Crippen molar-refractivity contribution in [2.45, 2.75) is 103 Å². The number of aryl methyl sites for hydroxylation is 1. The molecule has 196 valence electrons. The molecule has 1 aromatic carbocycles. The number of hydrogen-bond acceptors (Lipinski definition) is 5. The largest absolute Gasteiger partial charge is 0.496 e. The van der Waals surface area contributed by atoms with E-state index < -0.39 is 5.54 Å². The zero-order valence-electron chi connectivity index (χ0n) is 23.2. The van der Waals surface area contributed by atoms with E-state index in [1.165, 1.54) is 0 Å². The lowest BCUT2D eigenvalue weighted by atomic mass is 9.77. The molecule has 0 aliphatic heterocycles. The summed E-state index contributed by atoms with van der Waals surface area (Å²) in [5.41, 5.74) is 2.61. The van der Waals surface area contributed by atoms with Gasteiger partial charge in [-0.25, -0.2) is 0 Å². The first-order valence-corrected chi connectivity index (χ1v) is 12.9.